The summed E-state index contributed by atoms with van der Waals surface area (Å²) in [5.74, 6) is 1.55. The zero-order valence-corrected chi connectivity index (χ0v) is 12.3. The fraction of sp³-hybridized carbons (Fsp3) is 0.222. The Hall–Kier alpha value is -2.26. The summed E-state index contributed by atoms with van der Waals surface area (Å²) < 4.78 is 11.4. The molecule has 21 heavy (non-hydrogen) atoms. The number of nitrogens with one attached hydrogen (secondary N) is 1. The molecule has 2 aromatic carbocycles. The Bertz CT molecular complexity index is 567. The molecule has 0 heterocycles. The van der Waals surface area contributed by atoms with Crippen molar-refractivity contribution in [1.29, 1.82) is 0 Å². The molecule has 0 unspecified atom stereocenters. The molecule has 0 atom stereocenters. The largest absolute Gasteiger partial charge is 0.493 e. The summed E-state index contributed by atoms with van der Waals surface area (Å²) in [7, 11) is 1.66. The minimum absolute atomic E-state index is 0.523. The molecule has 0 saturated heterocycles. The van der Waals surface area contributed by atoms with Crippen molar-refractivity contribution >= 4 is 0 Å². The van der Waals surface area contributed by atoms with Gasteiger partial charge in [-0.3, -0.25) is 0 Å². The maximum Gasteiger partial charge on any atom is 0.166 e. The van der Waals surface area contributed by atoms with Gasteiger partial charge in [-0.25, -0.2) is 0 Å². The predicted molar refractivity (Wildman–Crippen MR) is 85.7 cm³/mol. The Balaban J connectivity index is 2.12. The molecular weight excluding hydrogens is 262 g/mol. The van der Waals surface area contributed by atoms with Gasteiger partial charge in [-0.05, 0) is 11.6 Å². The molecule has 0 aliphatic carbocycles. The third-order valence-electron chi connectivity index (χ3n) is 3.11. The third kappa shape index (κ3) is 4.36. The number of ether oxygens (including phenoxy) is 2. The van der Waals surface area contributed by atoms with Crippen LogP contribution < -0.4 is 14.8 Å². The van der Waals surface area contributed by atoms with Gasteiger partial charge in [-0.15, -0.1) is 6.58 Å². The zero-order valence-electron chi connectivity index (χ0n) is 12.3. The average molecular weight is 283 g/mol. The SMILES string of the molecule is C=CCNCc1cccc(OC)c1OCc1ccccc1. The van der Waals surface area contributed by atoms with Crippen LogP contribution >= 0.6 is 0 Å². The highest BCUT2D eigenvalue weighted by atomic mass is 16.5. The van der Waals surface area contributed by atoms with E-state index in [9.17, 15) is 0 Å². The molecule has 3 nitrogen and oxygen atoms in total. The number of para-hydroxylation sites is 1. The molecule has 0 aliphatic heterocycles. The molecule has 0 aromatic heterocycles. The number of rotatable bonds is 8. The van der Waals surface area contributed by atoms with E-state index < -0.39 is 0 Å². The van der Waals surface area contributed by atoms with Crippen LogP contribution in [0.15, 0.2) is 61.2 Å². The van der Waals surface area contributed by atoms with Crippen LogP contribution in [0.4, 0.5) is 0 Å². The number of hydrogen-bond acceptors (Lipinski definition) is 3. The second-order valence-corrected chi connectivity index (χ2v) is 4.64. The van der Waals surface area contributed by atoms with E-state index in [0.717, 1.165) is 29.2 Å². The highest BCUT2D eigenvalue weighted by molar-refractivity contribution is 5.46. The van der Waals surface area contributed by atoms with E-state index in [2.05, 4.69) is 11.9 Å². The predicted octanol–water partition coefficient (Wildman–Crippen LogP) is 3.55. The van der Waals surface area contributed by atoms with Gasteiger partial charge in [0.15, 0.2) is 11.5 Å². The van der Waals surface area contributed by atoms with E-state index in [0.29, 0.717) is 13.2 Å². The van der Waals surface area contributed by atoms with Crippen molar-refractivity contribution in [1.82, 2.24) is 5.32 Å². The molecular formula is C18H21NO2. The van der Waals surface area contributed by atoms with Crippen LogP contribution in [0.5, 0.6) is 11.5 Å². The van der Waals surface area contributed by atoms with Crippen molar-refractivity contribution in [3.8, 4) is 11.5 Å². The lowest BCUT2D eigenvalue weighted by atomic mass is 10.1. The Morgan fingerprint density at radius 2 is 1.90 bits per heavy atom. The molecule has 2 aromatic rings. The summed E-state index contributed by atoms with van der Waals surface area (Å²) in [6.07, 6.45) is 1.84. The lowest BCUT2D eigenvalue weighted by Crippen LogP contribution is -2.14. The van der Waals surface area contributed by atoms with E-state index in [1.54, 1.807) is 7.11 Å². The van der Waals surface area contributed by atoms with Crippen LogP contribution in [0.2, 0.25) is 0 Å². The van der Waals surface area contributed by atoms with Gasteiger partial charge in [0, 0.05) is 18.7 Å². The van der Waals surface area contributed by atoms with Gasteiger partial charge in [0.25, 0.3) is 0 Å². The van der Waals surface area contributed by atoms with Gasteiger partial charge >= 0.3 is 0 Å². The summed E-state index contributed by atoms with van der Waals surface area (Å²) in [6.45, 7) is 5.70. The third-order valence-corrected chi connectivity index (χ3v) is 3.11. The van der Waals surface area contributed by atoms with E-state index in [1.165, 1.54) is 0 Å². The van der Waals surface area contributed by atoms with Crippen LogP contribution in [0.1, 0.15) is 11.1 Å². The van der Waals surface area contributed by atoms with Crippen molar-refractivity contribution in [2.75, 3.05) is 13.7 Å². The maximum absolute atomic E-state index is 5.99. The van der Waals surface area contributed by atoms with Gasteiger partial charge in [-0.1, -0.05) is 48.5 Å². The number of methoxy groups -OCH3 is 1. The molecule has 0 amide bonds. The summed E-state index contributed by atoms with van der Waals surface area (Å²) in [5, 5.41) is 3.29. The van der Waals surface area contributed by atoms with Gasteiger partial charge in [0.2, 0.25) is 0 Å². The van der Waals surface area contributed by atoms with Crippen molar-refractivity contribution in [2.45, 2.75) is 13.2 Å². The Morgan fingerprint density at radius 3 is 2.62 bits per heavy atom. The van der Waals surface area contributed by atoms with Gasteiger partial charge < -0.3 is 14.8 Å². The summed E-state index contributed by atoms with van der Waals surface area (Å²) in [5.41, 5.74) is 2.21. The molecule has 0 fully saturated rings. The van der Waals surface area contributed by atoms with Gasteiger partial charge in [0.05, 0.1) is 7.11 Å². The van der Waals surface area contributed by atoms with E-state index in [-0.39, 0.29) is 0 Å². The Morgan fingerprint density at radius 1 is 1.10 bits per heavy atom. The average Bonchev–Trinajstić information content (AvgIpc) is 2.54. The summed E-state index contributed by atoms with van der Waals surface area (Å²) >= 11 is 0. The summed E-state index contributed by atoms with van der Waals surface area (Å²) in [6, 6.07) is 16.0. The normalized spacial score (nSPS) is 10.1. The lowest BCUT2D eigenvalue weighted by molar-refractivity contribution is 0.281. The minimum atomic E-state index is 0.523. The topological polar surface area (TPSA) is 30.5 Å². The van der Waals surface area contributed by atoms with Crippen LogP contribution in [0, 0.1) is 0 Å². The Labute approximate surface area is 126 Å². The van der Waals surface area contributed by atoms with Crippen LogP contribution in [0.25, 0.3) is 0 Å². The highest BCUT2D eigenvalue weighted by Crippen LogP contribution is 2.31. The molecule has 0 saturated carbocycles. The van der Waals surface area contributed by atoms with Crippen molar-refractivity contribution in [3.05, 3.63) is 72.3 Å². The molecule has 1 N–H and O–H groups in total. The molecule has 0 aliphatic rings. The molecule has 0 spiro atoms. The number of benzene rings is 2. The first-order valence-electron chi connectivity index (χ1n) is 6.99. The minimum Gasteiger partial charge on any atom is -0.493 e. The zero-order chi connectivity index (χ0) is 14.9. The van der Waals surface area contributed by atoms with Crippen molar-refractivity contribution < 1.29 is 9.47 Å². The first-order chi connectivity index (χ1) is 10.3. The van der Waals surface area contributed by atoms with Crippen molar-refractivity contribution in [2.24, 2.45) is 0 Å². The van der Waals surface area contributed by atoms with E-state index in [1.807, 2.05) is 54.6 Å². The van der Waals surface area contributed by atoms with Crippen molar-refractivity contribution in [3.63, 3.8) is 0 Å². The van der Waals surface area contributed by atoms with Gasteiger partial charge in [0.1, 0.15) is 6.61 Å². The molecule has 2 rings (SSSR count). The smallest absolute Gasteiger partial charge is 0.166 e. The molecule has 110 valence electrons. The van der Waals surface area contributed by atoms with Crippen LogP contribution in [0.3, 0.4) is 0 Å². The second kappa shape index (κ2) is 8.12. The molecule has 0 bridgehead atoms. The lowest BCUT2D eigenvalue weighted by Gasteiger charge is -2.15. The Kier molecular flexibility index (Phi) is 5.85. The first kappa shape index (κ1) is 15.1. The maximum atomic E-state index is 5.99. The van der Waals surface area contributed by atoms with Gasteiger partial charge in [-0.2, -0.15) is 0 Å². The van der Waals surface area contributed by atoms with Crippen LogP contribution in [-0.4, -0.2) is 13.7 Å². The fourth-order valence-corrected chi connectivity index (χ4v) is 2.06. The molecule has 3 heteroatoms. The standard InChI is InChI=1S/C18H21NO2/c1-3-12-19-13-16-10-7-11-17(20-2)18(16)21-14-15-8-5-4-6-9-15/h3-11,19H,1,12-14H2,2H3. The monoisotopic (exact) mass is 283 g/mol. The molecule has 0 radical (unpaired) electrons. The highest BCUT2D eigenvalue weighted by Gasteiger charge is 2.10. The van der Waals surface area contributed by atoms with E-state index >= 15 is 0 Å². The quantitative estimate of drug-likeness (QED) is 0.593. The number of hydrogen-bond donors (Lipinski definition) is 1. The second-order valence-electron chi connectivity index (χ2n) is 4.64. The van der Waals surface area contributed by atoms with E-state index in [4.69, 9.17) is 9.47 Å². The van der Waals surface area contributed by atoms with Crippen LogP contribution in [-0.2, 0) is 13.2 Å². The fourth-order valence-electron chi connectivity index (χ4n) is 2.06. The first-order valence-corrected chi connectivity index (χ1v) is 6.99. The summed E-state index contributed by atoms with van der Waals surface area (Å²) in [4.78, 5) is 0.